The number of pyridine rings is 1. The number of carbonyl (C=O) groups excluding carboxylic acids is 2. The van der Waals surface area contributed by atoms with Crippen LogP contribution in [0.15, 0.2) is 6.07 Å². The van der Waals surface area contributed by atoms with Crippen molar-refractivity contribution in [2.24, 2.45) is 0 Å². The summed E-state index contributed by atoms with van der Waals surface area (Å²) in [7, 11) is 1.67. The summed E-state index contributed by atoms with van der Waals surface area (Å²) in [5.74, 6) is -1.58. The lowest BCUT2D eigenvalue weighted by Gasteiger charge is -2.21. The van der Waals surface area contributed by atoms with Crippen LogP contribution >= 0.6 is 11.6 Å². The van der Waals surface area contributed by atoms with Crippen LogP contribution in [0.2, 0.25) is 5.02 Å². The van der Waals surface area contributed by atoms with Gasteiger partial charge in [0.1, 0.15) is 0 Å². The molecule has 0 radical (unpaired) electrons. The maximum atomic E-state index is 11.2. The number of aromatic nitrogens is 1. The summed E-state index contributed by atoms with van der Waals surface area (Å²) >= 11 is 6.09. The molecule has 20 heavy (non-hydrogen) atoms. The number of amides is 2. The molecule has 0 bridgehead atoms. The van der Waals surface area contributed by atoms with Gasteiger partial charge in [-0.05, 0) is 13.0 Å². The molecule has 7 nitrogen and oxygen atoms in total. The zero-order valence-corrected chi connectivity index (χ0v) is 11.8. The minimum absolute atomic E-state index is 0.0787. The number of imide groups is 1. The number of hydrogen-bond donors (Lipinski definition) is 2. The fourth-order valence-corrected chi connectivity index (χ4v) is 1.80. The van der Waals surface area contributed by atoms with Gasteiger partial charge in [-0.2, -0.15) is 0 Å². The van der Waals surface area contributed by atoms with Crippen LogP contribution in [-0.2, 0) is 9.59 Å². The molecule has 1 heterocycles. The highest BCUT2D eigenvalue weighted by Gasteiger charge is 2.15. The molecule has 0 fully saturated rings. The van der Waals surface area contributed by atoms with E-state index in [1.165, 1.54) is 6.07 Å². The molecule has 0 aromatic carbocycles. The van der Waals surface area contributed by atoms with Crippen LogP contribution in [0.1, 0.15) is 22.6 Å². The van der Waals surface area contributed by atoms with Gasteiger partial charge in [-0.15, -0.1) is 0 Å². The minimum Gasteiger partial charge on any atom is -0.477 e. The number of aryl methyl sites for hydroxylation is 1. The fraction of sp³-hybridized carbons (Fsp3) is 0.333. The van der Waals surface area contributed by atoms with Crippen molar-refractivity contribution >= 4 is 35.6 Å². The van der Waals surface area contributed by atoms with Gasteiger partial charge in [-0.1, -0.05) is 11.6 Å². The number of carboxylic acids is 1. The van der Waals surface area contributed by atoms with Gasteiger partial charge in [0, 0.05) is 20.0 Å². The summed E-state index contributed by atoms with van der Waals surface area (Å²) in [6, 6.07) is 1.34. The lowest BCUT2D eigenvalue weighted by atomic mass is 10.2. The number of nitrogens with zero attached hydrogens (tertiary/aromatic N) is 2. The van der Waals surface area contributed by atoms with Crippen molar-refractivity contribution in [2.45, 2.75) is 13.3 Å². The summed E-state index contributed by atoms with van der Waals surface area (Å²) in [5.41, 5.74) is 0.743. The summed E-state index contributed by atoms with van der Waals surface area (Å²) in [5, 5.41) is 11.3. The quantitative estimate of drug-likeness (QED) is 0.755. The van der Waals surface area contributed by atoms with Crippen LogP contribution in [0, 0.1) is 6.92 Å². The second-order valence-corrected chi connectivity index (χ2v) is 4.47. The van der Waals surface area contributed by atoms with E-state index in [-0.39, 0.29) is 18.7 Å². The third kappa shape index (κ3) is 3.92. The molecule has 2 N–H and O–H groups in total. The molecular weight excluding hydrogens is 286 g/mol. The number of halogens is 1. The Morgan fingerprint density at radius 1 is 1.55 bits per heavy atom. The maximum absolute atomic E-state index is 11.2. The van der Waals surface area contributed by atoms with E-state index >= 15 is 0 Å². The van der Waals surface area contributed by atoms with Crippen LogP contribution in [0.5, 0.6) is 0 Å². The Balaban J connectivity index is 2.91. The SMILES string of the molecule is Cc1nc(C(=O)O)cc(N(C)CCC(=O)NC=O)c1Cl. The van der Waals surface area contributed by atoms with Crippen LogP contribution in [0.3, 0.4) is 0 Å². The van der Waals surface area contributed by atoms with Crippen LogP contribution in [-0.4, -0.2) is 42.0 Å². The Bertz CT molecular complexity index is 548. The van der Waals surface area contributed by atoms with Gasteiger partial charge in [0.25, 0.3) is 0 Å². The van der Waals surface area contributed by atoms with Gasteiger partial charge in [0.15, 0.2) is 5.69 Å². The van der Waals surface area contributed by atoms with Gasteiger partial charge in [-0.3, -0.25) is 14.9 Å². The molecule has 0 saturated carbocycles. The van der Waals surface area contributed by atoms with Crippen LogP contribution in [0.25, 0.3) is 0 Å². The Labute approximate surface area is 120 Å². The molecule has 8 heteroatoms. The molecular formula is C12H14ClN3O4. The minimum atomic E-state index is -1.15. The van der Waals surface area contributed by atoms with Crippen molar-refractivity contribution in [3.8, 4) is 0 Å². The summed E-state index contributed by atoms with van der Waals surface area (Å²) in [6.45, 7) is 1.88. The molecule has 1 aromatic heterocycles. The third-order valence-corrected chi connectivity index (χ3v) is 3.10. The van der Waals surface area contributed by atoms with E-state index < -0.39 is 11.9 Å². The zero-order valence-electron chi connectivity index (χ0n) is 11.0. The van der Waals surface area contributed by atoms with E-state index in [1.54, 1.807) is 18.9 Å². The molecule has 0 unspecified atom stereocenters. The number of aromatic carboxylic acids is 1. The lowest BCUT2D eigenvalue weighted by Crippen LogP contribution is -2.28. The Morgan fingerprint density at radius 3 is 2.75 bits per heavy atom. The summed E-state index contributed by atoms with van der Waals surface area (Å²) < 4.78 is 0. The van der Waals surface area contributed by atoms with Crippen molar-refractivity contribution in [1.82, 2.24) is 10.3 Å². The first-order valence-electron chi connectivity index (χ1n) is 5.71. The first kappa shape index (κ1) is 15.9. The number of carbonyl (C=O) groups is 3. The number of hydrogen-bond acceptors (Lipinski definition) is 5. The fourth-order valence-electron chi connectivity index (χ4n) is 1.56. The zero-order chi connectivity index (χ0) is 15.3. The van der Waals surface area contributed by atoms with Gasteiger partial charge in [-0.25, -0.2) is 9.78 Å². The van der Waals surface area contributed by atoms with Crippen molar-refractivity contribution in [1.29, 1.82) is 0 Å². The largest absolute Gasteiger partial charge is 0.477 e. The highest BCUT2D eigenvalue weighted by Crippen LogP contribution is 2.28. The molecule has 2 amide bonds. The molecule has 0 saturated heterocycles. The van der Waals surface area contributed by atoms with Gasteiger partial charge in [0.05, 0.1) is 16.4 Å². The van der Waals surface area contributed by atoms with E-state index in [0.717, 1.165) is 0 Å². The second kappa shape index (κ2) is 6.85. The summed E-state index contributed by atoms with van der Waals surface area (Å²) in [6.07, 6.45) is 0.393. The Kier molecular flexibility index (Phi) is 5.45. The third-order valence-electron chi connectivity index (χ3n) is 2.63. The molecule has 0 aliphatic carbocycles. The molecule has 1 aromatic rings. The van der Waals surface area contributed by atoms with E-state index in [2.05, 4.69) is 4.98 Å². The standard InChI is InChI=1S/C12H14ClN3O4/c1-7-11(13)9(5-8(15-7)12(19)20)16(2)4-3-10(18)14-6-17/h5-6H,3-4H2,1-2H3,(H,19,20)(H,14,17,18). The second-order valence-electron chi connectivity index (χ2n) is 4.09. The first-order chi connectivity index (χ1) is 9.36. The summed E-state index contributed by atoms with van der Waals surface area (Å²) in [4.78, 5) is 37.8. The average Bonchev–Trinajstić information content (AvgIpc) is 2.39. The first-order valence-corrected chi connectivity index (χ1v) is 6.09. The van der Waals surface area contributed by atoms with Gasteiger partial charge < -0.3 is 10.0 Å². The number of carboxylic acid groups (broad SMARTS) is 1. The molecule has 0 aliphatic rings. The number of nitrogens with one attached hydrogen (secondary N) is 1. The predicted octanol–water partition coefficient (Wildman–Crippen LogP) is 0.841. The maximum Gasteiger partial charge on any atom is 0.354 e. The monoisotopic (exact) mass is 299 g/mol. The number of rotatable bonds is 6. The molecule has 0 aliphatic heterocycles. The Morgan fingerprint density at radius 2 is 2.20 bits per heavy atom. The van der Waals surface area contributed by atoms with Crippen molar-refractivity contribution < 1.29 is 19.5 Å². The Hall–Kier alpha value is -2.15. The lowest BCUT2D eigenvalue weighted by molar-refractivity contribution is -0.125. The smallest absolute Gasteiger partial charge is 0.354 e. The molecule has 1 rings (SSSR count). The van der Waals surface area contributed by atoms with Gasteiger partial charge in [0.2, 0.25) is 12.3 Å². The molecule has 0 atom stereocenters. The topological polar surface area (TPSA) is 99.6 Å². The van der Waals surface area contributed by atoms with E-state index in [4.69, 9.17) is 16.7 Å². The van der Waals surface area contributed by atoms with Crippen LogP contribution < -0.4 is 10.2 Å². The van der Waals surface area contributed by atoms with Gasteiger partial charge >= 0.3 is 5.97 Å². The number of anilines is 1. The average molecular weight is 300 g/mol. The predicted molar refractivity (Wildman–Crippen MR) is 73.0 cm³/mol. The highest BCUT2D eigenvalue weighted by molar-refractivity contribution is 6.34. The normalized spacial score (nSPS) is 9.95. The van der Waals surface area contributed by atoms with Crippen LogP contribution in [0.4, 0.5) is 5.69 Å². The van der Waals surface area contributed by atoms with E-state index in [0.29, 0.717) is 22.8 Å². The van der Waals surface area contributed by atoms with Crippen molar-refractivity contribution in [3.05, 3.63) is 22.5 Å². The molecule has 0 spiro atoms. The van der Waals surface area contributed by atoms with E-state index in [9.17, 15) is 14.4 Å². The molecule has 108 valence electrons. The van der Waals surface area contributed by atoms with Crippen molar-refractivity contribution in [2.75, 3.05) is 18.5 Å². The van der Waals surface area contributed by atoms with Crippen molar-refractivity contribution in [3.63, 3.8) is 0 Å². The highest BCUT2D eigenvalue weighted by atomic mass is 35.5. The van der Waals surface area contributed by atoms with E-state index in [1.807, 2.05) is 5.32 Å².